The van der Waals surface area contributed by atoms with Gasteiger partial charge in [0, 0.05) is 19.1 Å². The van der Waals surface area contributed by atoms with Gasteiger partial charge >= 0.3 is 6.03 Å². The standard InChI is InChI=1S/C11H19N5O/c1-7-10(8(2)15-14-7)13-9-3-5-16(6-4-9)11(12)17/h9,13H,3-6H2,1-2H3,(H2,12,17)(H,14,15). The van der Waals surface area contributed by atoms with Crippen LogP contribution in [-0.2, 0) is 0 Å². The van der Waals surface area contributed by atoms with E-state index in [0.29, 0.717) is 6.04 Å². The third kappa shape index (κ3) is 2.51. The maximum Gasteiger partial charge on any atom is 0.314 e. The lowest BCUT2D eigenvalue weighted by atomic mass is 10.0. The summed E-state index contributed by atoms with van der Waals surface area (Å²) in [4.78, 5) is 12.7. The fraction of sp³-hybridized carbons (Fsp3) is 0.636. The number of carbonyl (C=O) groups excluding carboxylic acids is 1. The molecule has 0 aromatic carbocycles. The predicted octanol–water partition coefficient (Wildman–Crippen LogP) is 0.982. The van der Waals surface area contributed by atoms with Crippen molar-refractivity contribution in [1.29, 1.82) is 0 Å². The minimum Gasteiger partial charge on any atom is -0.379 e. The van der Waals surface area contributed by atoms with E-state index >= 15 is 0 Å². The van der Waals surface area contributed by atoms with Crippen molar-refractivity contribution < 1.29 is 4.79 Å². The quantitative estimate of drug-likeness (QED) is 0.716. The van der Waals surface area contributed by atoms with Gasteiger partial charge in [-0.05, 0) is 26.7 Å². The lowest BCUT2D eigenvalue weighted by molar-refractivity contribution is 0.193. The summed E-state index contributed by atoms with van der Waals surface area (Å²) in [5.41, 5.74) is 8.38. The molecular weight excluding hydrogens is 218 g/mol. The van der Waals surface area contributed by atoms with Crippen LogP contribution in [0.2, 0.25) is 0 Å². The number of nitrogens with two attached hydrogens (primary N) is 1. The van der Waals surface area contributed by atoms with E-state index < -0.39 is 0 Å². The van der Waals surface area contributed by atoms with Gasteiger partial charge in [0.1, 0.15) is 0 Å². The van der Waals surface area contributed by atoms with Gasteiger partial charge in [0.2, 0.25) is 0 Å². The number of hydrogen-bond donors (Lipinski definition) is 3. The second-order valence-electron chi connectivity index (χ2n) is 4.55. The molecule has 6 heteroatoms. The van der Waals surface area contributed by atoms with Crippen molar-refractivity contribution >= 4 is 11.7 Å². The fourth-order valence-electron chi connectivity index (χ4n) is 2.21. The van der Waals surface area contributed by atoms with E-state index in [-0.39, 0.29) is 6.03 Å². The molecular formula is C11H19N5O. The highest BCUT2D eigenvalue weighted by atomic mass is 16.2. The summed E-state index contributed by atoms with van der Waals surface area (Å²) in [6.07, 6.45) is 1.85. The first-order valence-corrected chi connectivity index (χ1v) is 5.90. The highest BCUT2D eigenvalue weighted by Crippen LogP contribution is 2.21. The second kappa shape index (κ2) is 4.65. The number of urea groups is 1. The van der Waals surface area contributed by atoms with Gasteiger partial charge in [0.05, 0.1) is 17.1 Å². The number of piperidine rings is 1. The number of aryl methyl sites for hydroxylation is 2. The number of primary amides is 1. The molecule has 1 aromatic rings. The van der Waals surface area contributed by atoms with Crippen molar-refractivity contribution in [2.24, 2.45) is 5.73 Å². The molecule has 0 unspecified atom stereocenters. The molecule has 1 aromatic heterocycles. The first-order valence-electron chi connectivity index (χ1n) is 5.90. The monoisotopic (exact) mass is 237 g/mol. The molecule has 17 heavy (non-hydrogen) atoms. The zero-order valence-electron chi connectivity index (χ0n) is 10.3. The number of carbonyl (C=O) groups is 1. The molecule has 1 aliphatic heterocycles. The van der Waals surface area contributed by atoms with Crippen LogP contribution in [0.1, 0.15) is 24.2 Å². The number of likely N-dealkylation sites (tertiary alicyclic amines) is 1. The Balaban J connectivity index is 1.92. The molecule has 1 aliphatic rings. The maximum atomic E-state index is 11.0. The Kier molecular flexibility index (Phi) is 3.21. The van der Waals surface area contributed by atoms with E-state index in [9.17, 15) is 4.79 Å². The number of aromatic nitrogens is 2. The van der Waals surface area contributed by atoms with Gasteiger partial charge in [-0.25, -0.2) is 4.79 Å². The number of H-pyrrole nitrogens is 1. The lowest BCUT2D eigenvalue weighted by Gasteiger charge is -2.31. The van der Waals surface area contributed by atoms with E-state index in [4.69, 9.17) is 5.73 Å². The van der Waals surface area contributed by atoms with Gasteiger partial charge in [0.25, 0.3) is 0 Å². The Morgan fingerprint density at radius 3 is 2.59 bits per heavy atom. The first-order chi connectivity index (χ1) is 8.08. The van der Waals surface area contributed by atoms with Gasteiger partial charge in [0.15, 0.2) is 0 Å². The molecule has 2 amide bonds. The third-order valence-electron chi connectivity index (χ3n) is 3.28. The van der Waals surface area contributed by atoms with E-state index in [0.717, 1.165) is 43.0 Å². The summed E-state index contributed by atoms with van der Waals surface area (Å²) in [6, 6.07) is 0.0692. The molecule has 0 aliphatic carbocycles. The van der Waals surface area contributed by atoms with E-state index in [1.165, 1.54) is 0 Å². The molecule has 0 bridgehead atoms. The molecule has 1 fully saturated rings. The number of hydrogen-bond acceptors (Lipinski definition) is 3. The Hall–Kier alpha value is -1.72. The first kappa shape index (κ1) is 11.8. The molecule has 1 saturated heterocycles. The Morgan fingerprint density at radius 2 is 2.12 bits per heavy atom. The van der Waals surface area contributed by atoms with E-state index in [1.807, 2.05) is 13.8 Å². The number of nitrogens with one attached hydrogen (secondary N) is 2. The average Bonchev–Trinajstić information content (AvgIpc) is 2.61. The normalized spacial score (nSPS) is 17.2. The summed E-state index contributed by atoms with van der Waals surface area (Å²) in [7, 11) is 0. The van der Waals surface area contributed by atoms with Crippen LogP contribution >= 0.6 is 0 Å². The largest absolute Gasteiger partial charge is 0.379 e. The van der Waals surface area contributed by atoms with Crippen molar-refractivity contribution in [2.45, 2.75) is 32.7 Å². The smallest absolute Gasteiger partial charge is 0.314 e. The summed E-state index contributed by atoms with van der Waals surface area (Å²) >= 11 is 0. The SMILES string of the molecule is Cc1n[nH]c(C)c1NC1CCN(C(N)=O)CC1. The van der Waals surface area contributed by atoms with Crippen molar-refractivity contribution in [3.63, 3.8) is 0 Å². The Bertz CT molecular complexity index is 386. The van der Waals surface area contributed by atoms with Crippen LogP contribution in [0.4, 0.5) is 10.5 Å². The number of aromatic amines is 1. The van der Waals surface area contributed by atoms with Gasteiger partial charge in [-0.1, -0.05) is 0 Å². The van der Waals surface area contributed by atoms with Crippen molar-refractivity contribution in [1.82, 2.24) is 15.1 Å². The van der Waals surface area contributed by atoms with Gasteiger partial charge in [-0.3, -0.25) is 5.10 Å². The van der Waals surface area contributed by atoms with Crippen LogP contribution < -0.4 is 11.1 Å². The van der Waals surface area contributed by atoms with Gasteiger partial charge in [-0.15, -0.1) is 0 Å². The second-order valence-corrected chi connectivity index (χ2v) is 4.55. The molecule has 2 heterocycles. The number of anilines is 1. The molecule has 2 rings (SSSR count). The van der Waals surface area contributed by atoms with Crippen LogP contribution in [0.5, 0.6) is 0 Å². The Labute approximate surface area is 101 Å². The predicted molar refractivity (Wildman–Crippen MR) is 65.9 cm³/mol. The van der Waals surface area contributed by atoms with Crippen LogP contribution in [-0.4, -0.2) is 40.3 Å². The molecule has 0 spiro atoms. The third-order valence-corrected chi connectivity index (χ3v) is 3.28. The molecule has 0 radical (unpaired) electrons. The van der Waals surface area contributed by atoms with E-state index in [2.05, 4.69) is 15.5 Å². The molecule has 6 nitrogen and oxygen atoms in total. The zero-order chi connectivity index (χ0) is 12.4. The maximum absolute atomic E-state index is 11.0. The lowest BCUT2D eigenvalue weighted by Crippen LogP contribution is -2.44. The minimum absolute atomic E-state index is 0.320. The fourth-order valence-corrected chi connectivity index (χ4v) is 2.21. The Morgan fingerprint density at radius 1 is 1.47 bits per heavy atom. The van der Waals surface area contributed by atoms with Crippen molar-refractivity contribution in [3.8, 4) is 0 Å². The highest BCUT2D eigenvalue weighted by molar-refractivity contribution is 5.72. The molecule has 0 atom stereocenters. The number of amides is 2. The number of nitrogens with zero attached hydrogens (tertiary/aromatic N) is 2. The zero-order valence-corrected chi connectivity index (χ0v) is 10.3. The van der Waals surface area contributed by atoms with Crippen molar-refractivity contribution in [2.75, 3.05) is 18.4 Å². The summed E-state index contributed by atoms with van der Waals surface area (Å²) in [5, 5.41) is 10.6. The van der Waals surface area contributed by atoms with Gasteiger partial charge in [-0.2, -0.15) is 5.10 Å². The highest BCUT2D eigenvalue weighted by Gasteiger charge is 2.22. The minimum atomic E-state index is -0.320. The van der Waals surface area contributed by atoms with E-state index in [1.54, 1.807) is 4.90 Å². The molecule has 94 valence electrons. The summed E-state index contributed by atoms with van der Waals surface area (Å²) < 4.78 is 0. The van der Waals surface area contributed by atoms with Crippen molar-refractivity contribution in [3.05, 3.63) is 11.4 Å². The van der Waals surface area contributed by atoms with Crippen LogP contribution in [0.15, 0.2) is 0 Å². The van der Waals surface area contributed by atoms with Crippen LogP contribution in [0, 0.1) is 13.8 Å². The molecule has 4 N–H and O–H groups in total. The molecule has 0 saturated carbocycles. The average molecular weight is 237 g/mol. The summed E-state index contributed by atoms with van der Waals surface area (Å²) in [6.45, 7) is 5.43. The number of rotatable bonds is 2. The van der Waals surface area contributed by atoms with Gasteiger partial charge < -0.3 is 16.0 Å². The topological polar surface area (TPSA) is 87.0 Å². The summed E-state index contributed by atoms with van der Waals surface area (Å²) in [5.74, 6) is 0. The van der Waals surface area contributed by atoms with Crippen LogP contribution in [0.25, 0.3) is 0 Å². The van der Waals surface area contributed by atoms with Crippen LogP contribution in [0.3, 0.4) is 0 Å².